The van der Waals surface area contributed by atoms with Crippen LogP contribution in [0.4, 0.5) is 11.6 Å². The van der Waals surface area contributed by atoms with Gasteiger partial charge in [-0.1, -0.05) is 29.8 Å². The van der Waals surface area contributed by atoms with Gasteiger partial charge in [0, 0.05) is 11.4 Å². The van der Waals surface area contributed by atoms with Crippen molar-refractivity contribution in [2.45, 2.75) is 46.8 Å². The molecule has 31 heavy (non-hydrogen) atoms. The monoisotopic (exact) mass is 417 g/mol. The fourth-order valence-electron chi connectivity index (χ4n) is 3.84. The fourth-order valence-corrected chi connectivity index (χ4v) is 3.84. The number of carbonyl (C=O) groups is 1. The van der Waals surface area contributed by atoms with Gasteiger partial charge in [-0.25, -0.2) is 4.68 Å². The maximum atomic E-state index is 13.4. The smallest absolute Gasteiger partial charge is 0.255 e. The van der Waals surface area contributed by atoms with Crippen LogP contribution in [0.1, 0.15) is 43.5 Å². The second-order valence-corrected chi connectivity index (χ2v) is 8.10. The Morgan fingerprint density at radius 1 is 1.13 bits per heavy atom. The Hall–Kier alpha value is -3.61. The highest BCUT2D eigenvalue weighted by Crippen LogP contribution is 2.36. The summed E-state index contributed by atoms with van der Waals surface area (Å²) < 4.78 is 7.51. The molecule has 0 spiro atoms. The summed E-state index contributed by atoms with van der Waals surface area (Å²) in [5, 5.41) is 10.7. The number of aryl methyl sites for hydroxylation is 2. The largest absolute Gasteiger partial charge is 0.491 e. The lowest BCUT2D eigenvalue weighted by Crippen LogP contribution is -2.31. The molecule has 2 N–H and O–H groups in total. The number of allylic oxidation sites excluding steroid dienone is 1. The van der Waals surface area contributed by atoms with E-state index in [0.717, 1.165) is 33.8 Å². The van der Waals surface area contributed by atoms with Crippen LogP contribution in [0.2, 0.25) is 0 Å². The third-order valence-corrected chi connectivity index (χ3v) is 5.24. The second-order valence-electron chi connectivity index (χ2n) is 8.10. The Labute approximate surface area is 182 Å². The Kier molecular flexibility index (Phi) is 5.50. The van der Waals surface area contributed by atoms with E-state index >= 15 is 0 Å². The van der Waals surface area contributed by atoms with Crippen LogP contribution >= 0.6 is 0 Å². The number of carbonyl (C=O) groups excluding carboxylic acids is 1. The van der Waals surface area contributed by atoms with Crippen LogP contribution in [-0.4, -0.2) is 26.8 Å². The first-order valence-corrected chi connectivity index (χ1v) is 10.4. The highest BCUT2D eigenvalue weighted by molar-refractivity contribution is 6.06. The third kappa shape index (κ3) is 4.17. The molecule has 2 aromatic carbocycles. The van der Waals surface area contributed by atoms with Crippen LogP contribution < -0.4 is 15.4 Å². The minimum absolute atomic E-state index is 0.0906. The number of nitrogens with one attached hydrogen (secondary N) is 2. The van der Waals surface area contributed by atoms with E-state index in [4.69, 9.17) is 4.74 Å². The van der Waals surface area contributed by atoms with E-state index in [2.05, 4.69) is 26.8 Å². The molecule has 160 valence electrons. The molecule has 0 saturated carbocycles. The number of fused-ring (bicyclic) bond motifs is 1. The first-order chi connectivity index (χ1) is 14.8. The van der Waals surface area contributed by atoms with Crippen molar-refractivity contribution in [3.05, 3.63) is 76.8 Å². The molecule has 1 amide bonds. The lowest BCUT2D eigenvalue weighted by atomic mass is 9.94. The number of hydrogen-bond acceptors (Lipinski definition) is 5. The Balaban J connectivity index is 1.71. The lowest BCUT2D eigenvalue weighted by Gasteiger charge is -2.29. The zero-order valence-electron chi connectivity index (χ0n) is 18.4. The van der Waals surface area contributed by atoms with Gasteiger partial charge in [0.05, 0.1) is 11.7 Å². The van der Waals surface area contributed by atoms with E-state index in [9.17, 15) is 4.79 Å². The summed E-state index contributed by atoms with van der Waals surface area (Å²) in [5.74, 6) is 1.21. The molecule has 0 aliphatic carbocycles. The average Bonchev–Trinajstić information content (AvgIpc) is 3.17. The van der Waals surface area contributed by atoms with Crippen molar-refractivity contribution in [1.82, 2.24) is 14.8 Å². The van der Waals surface area contributed by atoms with Gasteiger partial charge in [-0.15, -0.1) is 0 Å². The molecule has 1 unspecified atom stereocenters. The number of benzene rings is 2. The highest BCUT2D eigenvalue weighted by atomic mass is 16.5. The highest BCUT2D eigenvalue weighted by Gasteiger charge is 2.33. The van der Waals surface area contributed by atoms with Gasteiger partial charge in [0.25, 0.3) is 5.91 Å². The molecule has 0 radical (unpaired) electrons. The molecule has 3 aromatic rings. The summed E-state index contributed by atoms with van der Waals surface area (Å²) in [5.41, 5.74) is 5.22. The van der Waals surface area contributed by atoms with Gasteiger partial charge in [-0.3, -0.25) is 4.79 Å². The van der Waals surface area contributed by atoms with E-state index in [-0.39, 0.29) is 12.0 Å². The molecule has 7 nitrogen and oxygen atoms in total. The van der Waals surface area contributed by atoms with Gasteiger partial charge in [0.2, 0.25) is 5.95 Å². The van der Waals surface area contributed by atoms with Crippen molar-refractivity contribution >= 4 is 17.5 Å². The van der Waals surface area contributed by atoms with Gasteiger partial charge in [-0.2, -0.15) is 10.1 Å². The molecule has 1 aliphatic heterocycles. The summed E-state index contributed by atoms with van der Waals surface area (Å²) in [7, 11) is 0. The molecule has 7 heteroatoms. The van der Waals surface area contributed by atoms with E-state index in [1.54, 1.807) is 4.68 Å². The topological polar surface area (TPSA) is 81.1 Å². The summed E-state index contributed by atoms with van der Waals surface area (Å²) in [6.07, 6.45) is 1.58. The maximum Gasteiger partial charge on any atom is 0.255 e. The van der Waals surface area contributed by atoms with Gasteiger partial charge >= 0.3 is 0 Å². The molecule has 1 atom stereocenters. The van der Waals surface area contributed by atoms with Gasteiger partial charge in [0.15, 0.2) is 0 Å². The summed E-state index contributed by atoms with van der Waals surface area (Å²) in [6, 6.07) is 13.3. The van der Waals surface area contributed by atoms with Crippen LogP contribution in [0, 0.1) is 13.8 Å². The van der Waals surface area contributed by atoms with Crippen molar-refractivity contribution < 1.29 is 9.53 Å². The number of anilines is 2. The number of hydrogen-bond donors (Lipinski definition) is 2. The minimum Gasteiger partial charge on any atom is -0.491 e. The van der Waals surface area contributed by atoms with Gasteiger partial charge < -0.3 is 15.4 Å². The molecule has 4 rings (SSSR count). The maximum absolute atomic E-state index is 13.4. The fraction of sp³-hybridized carbons (Fsp3) is 0.292. The van der Waals surface area contributed by atoms with Gasteiger partial charge in [0.1, 0.15) is 18.1 Å². The summed E-state index contributed by atoms with van der Waals surface area (Å²) in [6.45, 7) is 9.89. The molecular formula is C24H27N5O2. The standard InChI is InChI=1S/C24H27N5O2/c1-14(2)31-19-9-7-18(8-10-19)22-21(17(5)27-24-25-13-26-29(22)24)23(30)28-20-11-6-15(3)12-16(20)4/h6-14,22H,1-5H3,(H,28,30)(H,25,26,27). The van der Waals surface area contributed by atoms with Crippen LogP contribution in [-0.2, 0) is 4.79 Å². The number of ether oxygens (including phenoxy) is 1. The number of amides is 1. The molecule has 1 aliphatic rings. The second kappa shape index (κ2) is 8.26. The van der Waals surface area contributed by atoms with Crippen molar-refractivity contribution in [1.29, 1.82) is 0 Å². The molecule has 0 saturated heterocycles. The normalized spacial score (nSPS) is 15.5. The third-order valence-electron chi connectivity index (χ3n) is 5.24. The quantitative estimate of drug-likeness (QED) is 0.634. The van der Waals surface area contributed by atoms with E-state index in [1.807, 2.05) is 71.0 Å². The van der Waals surface area contributed by atoms with Crippen molar-refractivity contribution in [3.8, 4) is 5.75 Å². The van der Waals surface area contributed by atoms with Crippen LogP contribution in [0.5, 0.6) is 5.75 Å². The lowest BCUT2D eigenvalue weighted by molar-refractivity contribution is -0.113. The molecule has 0 fully saturated rings. The Morgan fingerprint density at radius 2 is 1.87 bits per heavy atom. The molecule has 1 aromatic heterocycles. The first kappa shape index (κ1) is 20.7. The van der Waals surface area contributed by atoms with E-state index < -0.39 is 6.04 Å². The first-order valence-electron chi connectivity index (χ1n) is 10.4. The zero-order valence-corrected chi connectivity index (χ0v) is 18.4. The van der Waals surface area contributed by atoms with E-state index in [0.29, 0.717) is 11.5 Å². The molecular weight excluding hydrogens is 390 g/mol. The zero-order chi connectivity index (χ0) is 22.1. The summed E-state index contributed by atoms with van der Waals surface area (Å²) >= 11 is 0. The van der Waals surface area contributed by atoms with Crippen molar-refractivity contribution in [2.75, 3.05) is 10.6 Å². The van der Waals surface area contributed by atoms with Crippen LogP contribution in [0.3, 0.4) is 0 Å². The minimum atomic E-state index is -0.405. The van der Waals surface area contributed by atoms with Crippen LogP contribution in [0.15, 0.2) is 60.1 Å². The van der Waals surface area contributed by atoms with Crippen LogP contribution in [0.25, 0.3) is 0 Å². The predicted molar refractivity (Wildman–Crippen MR) is 121 cm³/mol. The van der Waals surface area contributed by atoms with Gasteiger partial charge in [-0.05, 0) is 63.9 Å². The number of nitrogens with zero attached hydrogens (tertiary/aromatic N) is 3. The Bertz CT molecular complexity index is 1150. The predicted octanol–water partition coefficient (Wildman–Crippen LogP) is 4.61. The molecule has 2 heterocycles. The SMILES string of the molecule is CC1=C(C(=O)Nc2ccc(C)cc2C)C(c2ccc(OC(C)C)cc2)n2ncnc2N1. The number of rotatable bonds is 5. The van der Waals surface area contributed by atoms with Crippen molar-refractivity contribution in [2.24, 2.45) is 0 Å². The summed E-state index contributed by atoms with van der Waals surface area (Å²) in [4.78, 5) is 17.7. The average molecular weight is 418 g/mol. The Morgan fingerprint density at radius 3 is 2.55 bits per heavy atom. The number of aromatic nitrogens is 3. The molecule has 0 bridgehead atoms. The van der Waals surface area contributed by atoms with E-state index in [1.165, 1.54) is 6.33 Å². The van der Waals surface area contributed by atoms with Crippen molar-refractivity contribution in [3.63, 3.8) is 0 Å².